The Bertz CT molecular complexity index is 604. The zero-order chi connectivity index (χ0) is 17.6. The molecule has 0 atom stereocenters. The number of aliphatic carboxylic acids is 3. The number of hydrogen-bond acceptors (Lipinski definition) is 5. The van der Waals surface area contributed by atoms with Gasteiger partial charge >= 0.3 is 17.9 Å². The lowest BCUT2D eigenvalue weighted by Crippen LogP contribution is -2.37. The van der Waals surface area contributed by atoms with Gasteiger partial charge in [0, 0.05) is 25.0 Å². The van der Waals surface area contributed by atoms with Crippen LogP contribution in [-0.2, 0) is 19.8 Å². The molecule has 124 valence electrons. The predicted octanol–water partition coefficient (Wildman–Crippen LogP) is 1.65. The Morgan fingerprint density at radius 2 is 1.39 bits per heavy atom. The van der Waals surface area contributed by atoms with Crippen molar-refractivity contribution >= 4 is 23.6 Å². The number of nitrogens with zero attached hydrogens (tertiary/aromatic N) is 1. The number of nitro groups is 1. The lowest BCUT2D eigenvalue weighted by Gasteiger charge is -2.29. The van der Waals surface area contributed by atoms with Gasteiger partial charge in [-0.05, 0) is 18.4 Å². The number of carboxylic acids is 3. The highest BCUT2D eigenvalue weighted by Gasteiger charge is 2.41. The minimum absolute atomic E-state index is 0.137. The summed E-state index contributed by atoms with van der Waals surface area (Å²) < 4.78 is 0. The fourth-order valence-electron chi connectivity index (χ4n) is 2.29. The summed E-state index contributed by atoms with van der Waals surface area (Å²) in [6.45, 7) is 0. The molecule has 0 aliphatic heterocycles. The fraction of sp³-hybridized carbons (Fsp3) is 0.357. The van der Waals surface area contributed by atoms with Crippen molar-refractivity contribution in [1.82, 2.24) is 0 Å². The molecular weight excluding hydrogens is 310 g/mol. The summed E-state index contributed by atoms with van der Waals surface area (Å²) in [6.07, 6.45) is -1.57. The first kappa shape index (κ1) is 18.1. The second-order valence-corrected chi connectivity index (χ2v) is 4.98. The first-order valence-corrected chi connectivity index (χ1v) is 6.61. The van der Waals surface area contributed by atoms with Crippen molar-refractivity contribution in [3.63, 3.8) is 0 Å². The van der Waals surface area contributed by atoms with Crippen LogP contribution in [0.3, 0.4) is 0 Å². The molecule has 1 aromatic carbocycles. The molecule has 1 aromatic rings. The second kappa shape index (κ2) is 7.34. The van der Waals surface area contributed by atoms with Crippen molar-refractivity contribution < 1.29 is 34.6 Å². The van der Waals surface area contributed by atoms with Crippen LogP contribution in [0.5, 0.6) is 0 Å². The van der Waals surface area contributed by atoms with Crippen molar-refractivity contribution in [2.24, 2.45) is 0 Å². The Morgan fingerprint density at radius 3 is 1.70 bits per heavy atom. The number of benzene rings is 1. The topological polar surface area (TPSA) is 155 Å². The van der Waals surface area contributed by atoms with E-state index in [1.165, 1.54) is 12.1 Å². The quantitative estimate of drug-likeness (QED) is 0.457. The van der Waals surface area contributed by atoms with Gasteiger partial charge in [0.05, 0.1) is 10.3 Å². The number of rotatable bonds is 9. The number of carbonyl (C=O) groups is 3. The Kier molecular flexibility index (Phi) is 5.77. The molecule has 0 aliphatic rings. The van der Waals surface area contributed by atoms with Gasteiger partial charge in [-0.15, -0.1) is 0 Å². The van der Waals surface area contributed by atoms with E-state index in [0.717, 1.165) is 12.1 Å². The van der Waals surface area contributed by atoms with E-state index in [1.54, 1.807) is 0 Å². The van der Waals surface area contributed by atoms with Crippen LogP contribution in [0.4, 0.5) is 5.69 Å². The molecule has 0 spiro atoms. The average Bonchev–Trinajstić information content (AvgIpc) is 2.47. The third kappa shape index (κ3) is 4.50. The van der Waals surface area contributed by atoms with E-state index in [4.69, 9.17) is 10.2 Å². The van der Waals surface area contributed by atoms with Gasteiger partial charge in [0.25, 0.3) is 5.69 Å². The maximum atomic E-state index is 11.7. The molecular formula is C14H15NO8. The number of hydrogen-bond donors (Lipinski definition) is 3. The average molecular weight is 325 g/mol. The van der Waals surface area contributed by atoms with E-state index in [-0.39, 0.29) is 24.1 Å². The smallest absolute Gasteiger partial charge is 0.314 e. The van der Waals surface area contributed by atoms with Gasteiger partial charge in [0.1, 0.15) is 0 Å². The normalized spacial score (nSPS) is 11.0. The van der Waals surface area contributed by atoms with Gasteiger partial charge in [-0.25, -0.2) is 0 Å². The summed E-state index contributed by atoms with van der Waals surface area (Å²) in [5.74, 6) is -3.80. The first-order valence-electron chi connectivity index (χ1n) is 6.61. The molecule has 0 heterocycles. The maximum absolute atomic E-state index is 11.7. The van der Waals surface area contributed by atoms with E-state index < -0.39 is 41.1 Å². The second-order valence-electron chi connectivity index (χ2n) is 4.98. The Morgan fingerprint density at radius 1 is 0.957 bits per heavy atom. The molecule has 0 aromatic heterocycles. The van der Waals surface area contributed by atoms with Crippen LogP contribution in [0, 0.1) is 10.1 Å². The van der Waals surface area contributed by atoms with E-state index in [1.807, 2.05) is 0 Å². The van der Waals surface area contributed by atoms with E-state index in [9.17, 15) is 29.6 Å². The minimum Gasteiger partial charge on any atom is -0.481 e. The molecule has 9 heteroatoms. The first-order chi connectivity index (χ1) is 10.7. The SMILES string of the molecule is O=C(O)CCC(CCC(=O)O)(C(=O)O)c1ccc([N+](=O)[O-])cc1. The highest BCUT2D eigenvalue weighted by molar-refractivity contribution is 5.83. The fourth-order valence-corrected chi connectivity index (χ4v) is 2.29. The van der Waals surface area contributed by atoms with Crippen LogP contribution < -0.4 is 0 Å². The van der Waals surface area contributed by atoms with Gasteiger partial charge in [-0.2, -0.15) is 0 Å². The molecule has 0 saturated heterocycles. The zero-order valence-corrected chi connectivity index (χ0v) is 12.0. The Hall–Kier alpha value is -2.97. The van der Waals surface area contributed by atoms with E-state index in [2.05, 4.69) is 0 Å². The summed E-state index contributed by atoms with van der Waals surface area (Å²) in [7, 11) is 0. The van der Waals surface area contributed by atoms with Gasteiger partial charge in [0.2, 0.25) is 0 Å². The minimum atomic E-state index is -1.73. The van der Waals surface area contributed by atoms with Gasteiger partial charge in [-0.1, -0.05) is 12.1 Å². The molecule has 0 radical (unpaired) electrons. The standard InChI is InChI=1S/C14H15NO8/c16-11(17)5-7-14(13(20)21,8-6-12(18)19)9-1-3-10(4-2-9)15(22)23/h1-4H,5-8H2,(H,16,17)(H,18,19)(H,20,21). The summed E-state index contributed by atoms with van der Waals surface area (Å²) in [5, 5.41) is 37.8. The van der Waals surface area contributed by atoms with Crippen molar-refractivity contribution in [2.45, 2.75) is 31.1 Å². The van der Waals surface area contributed by atoms with E-state index in [0.29, 0.717) is 0 Å². The summed E-state index contributed by atoms with van der Waals surface area (Å²) in [4.78, 5) is 43.3. The summed E-state index contributed by atoms with van der Waals surface area (Å²) in [6, 6.07) is 4.65. The van der Waals surface area contributed by atoms with Crippen LogP contribution >= 0.6 is 0 Å². The lowest BCUT2D eigenvalue weighted by atomic mass is 9.73. The highest BCUT2D eigenvalue weighted by Crippen LogP contribution is 2.36. The largest absolute Gasteiger partial charge is 0.481 e. The van der Waals surface area contributed by atoms with Gasteiger partial charge in [0.15, 0.2) is 0 Å². The third-order valence-corrected chi connectivity index (χ3v) is 3.57. The maximum Gasteiger partial charge on any atom is 0.314 e. The number of carboxylic acid groups (broad SMARTS) is 3. The summed E-state index contributed by atoms with van der Waals surface area (Å²) >= 11 is 0. The molecule has 1 rings (SSSR count). The van der Waals surface area contributed by atoms with Crippen LogP contribution in [-0.4, -0.2) is 38.2 Å². The van der Waals surface area contributed by atoms with Gasteiger partial charge in [-0.3, -0.25) is 24.5 Å². The van der Waals surface area contributed by atoms with Gasteiger partial charge < -0.3 is 15.3 Å². The predicted molar refractivity (Wildman–Crippen MR) is 76.1 cm³/mol. The van der Waals surface area contributed by atoms with Crippen molar-refractivity contribution in [2.75, 3.05) is 0 Å². The molecule has 23 heavy (non-hydrogen) atoms. The van der Waals surface area contributed by atoms with Crippen LogP contribution in [0.25, 0.3) is 0 Å². The third-order valence-electron chi connectivity index (χ3n) is 3.57. The summed E-state index contributed by atoms with van der Waals surface area (Å²) in [5.41, 5.74) is -1.84. The zero-order valence-electron chi connectivity index (χ0n) is 12.0. The molecule has 0 aliphatic carbocycles. The van der Waals surface area contributed by atoms with Crippen molar-refractivity contribution in [3.05, 3.63) is 39.9 Å². The van der Waals surface area contributed by atoms with Crippen molar-refractivity contribution in [1.29, 1.82) is 0 Å². The van der Waals surface area contributed by atoms with Crippen LogP contribution in [0.2, 0.25) is 0 Å². The molecule has 9 nitrogen and oxygen atoms in total. The molecule has 0 fully saturated rings. The van der Waals surface area contributed by atoms with Crippen molar-refractivity contribution in [3.8, 4) is 0 Å². The molecule has 0 saturated carbocycles. The van der Waals surface area contributed by atoms with Crippen LogP contribution in [0.1, 0.15) is 31.2 Å². The monoisotopic (exact) mass is 325 g/mol. The molecule has 0 unspecified atom stereocenters. The number of nitro benzene ring substituents is 1. The molecule has 0 bridgehead atoms. The van der Waals surface area contributed by atoms with E-state index >= 15 is 0 Å². The lowest BCUT2D eigenvalue weighted by molar-refractivity contribution is -0.384. The highest BCUT2D eigenvalue weighted by atomic mass is 16.6. The Balaban J connectivity index is 3.27. The Labute approximate surface area is 130 Å². The molecule has 3 N–H and O–H groups in total. The molecule has 0 amide bonds. The van der Waals surface area contributed by atoms with Crippen LogP contribution in [0.15, 0.2) is 24.3 Å². The number of non-ortho nitro benzene ring substituents is 1.